The van der Waals surface area contributed by atoms with Gasteiger partial charge in [0, 0.05) is 11.3 Å². The van der Waals surface area contributed by atoms with Gasteiger partial charge in [0.2, 0.25) is 0 Å². The molecule has 2 nitrogen and oxygen atoms in total. The number of rotatable bonds is 2. The van der Waals surface area contributed by atoms with Crippen LogP contribution in [0.2, 0.25) is 0 Å². The Kier molecular flexibility index (Phi) is 3.83. The van der Waals surface area contributed by atoms with Gasteiger partial charge in [-0.05, 0) is 30.3 Å². The van der Waals surface area contributed by atoms with E-state index in [-0.39, 0.29) is 5.56 Å². The zero-order valence-corrected chi connectivity index (χ0v) is 10.7. The SMILES string of the molecule is Bc1ccc(NC(=O)c2cccc(C(F)(F)F)c2)cc1. The number of carbonyl (C=O) groups excluding carboxylic acids is 1. The number of amides is 1. The molecule has 2 aromatic carbocycles. The maximum Gasteiger partial charge on any atom is 0.416 e. The molecule has 0 unspecified atom stereocenters. The number of alkyl halides is 3. The third-order valence-electron chi connectivity index (χ3n) is 2.76. The smallest absolute Gasteiger partial charge is 0.322 e. The van der Waals surface area contributed by atoms with E-state index < -0.39 is 17.6 Å². The number of halogens is 3. The van der Waals surface area contributed by atoms with Crippen molar-refractivity contribution in [2.75, 3.05) is 5.32 Å². The Balaban J connectivity index is 2.19. The number of benzene rings is 2. The van der Waals surface area contributed by atoms with Gasteiger partial charge in [-0.1, -0.05) is 23.7 Å². The standard InChI is InChI=1S/C14H11BF3NO/c15-11-4-6-12(7-5-11)19-13(20)9-2-1-3-10(8-9)14(16,17)18/h1-8H,15H2,(H,19,20). The van der Waals surface area contributed by atoms with E-state index in [2.05, 4.69) is 5.32 Å². The van der Waals surface area contributed by atoms with E-state index in [4.69, 9.17) is 0 Å². The lowest BCUT2D eigenvalue weighted by atomic mass is 9.96. The first-order chi connectivity index (χ1) is 9.36. The zero-order valence-electron chi connectivity index (χ0n) is 10.7. The summed E-state index contributed by atoms with van der Waals surface area (Å²) in [7, 11) is 1.90. The summed E-state index contributed by atoms with van der Waals surface area (Å²) in [6.07, 6.45) is -4.46. The highest BCUT2D eigenvalue weighted by Gasteiger charge is 2.30. The summed E-state index contributed by atoms with van der Waals surface area (Å²) in [4.78, 5) is 11.9. The largest absolute Gasteiger partial charge is 0.416 e. The van der Waals surface area contributed by atoms with Crippen molar-refractivity contribution < 1.29 is 18.0 Å². The van der Waals surface area contributed by atoms with Crippen LogP contribution >= 0.6 is 0 Å². The molecule has 102 valence electrons. The predicted molar refractivity (Wildman–Crippen MR) is 74.0 cm³/mol. The van der Waals surface area contributed by atoms with Crippen LogP contribution < -0.4 is 10.8 Å². The molecule has 6 heteroatoms. The minimum atomic E-state index is -4.46. The number of carbonyl (C=O) groups is 1. The quantitative estimate of drug-likeness (QED) is 0.838. The second-order valence-corrected chi connectivity index (χ2v) is 4.40. The summed E-state index contributed by atoms with van der Waals surface area (Å²) < 4.78 is 37.7. The fourth-order valence-corrected chi connectivity index (χ4v) is 1.68. The first-order valence-corrected chi connectivity index (χ1v) is 5.91. The van der Waals surface area contributed by atoms with Crippen molar-refractivity contribution in [1.29, 1.82) is 0 Å². The normalized spacial score (nSPS) is 11.2. The van der Waals surface area contributed by atoms with Crippen molar-refractivity contribution in [2.45, 2.75) is 6.18 Å². The average molecular weight is 277 g/mol. The third kappa shape index (κ3) is 3.41. The second-order valence-electron chi connectivity index (χ2n) is 4.40. The molecule has 0 saturated heterocycles. The van der Waals surface area contributed by atoms with Gasteiger partial charge in [-0.2, -0.15) is 13.2 Å². The lowest BCUT2D eigenvalue weighted by molar-refractivity contribution is -0.137. The monoisotopic (exact) mass is 277 g/mol. The second kappa shape index (κ2) is 5.40. The Morgan fingerprint density at radius 3 is 2.30 bits per heavy atom. The van der Waals surface area contributed by atoms with Gasteiger partial charge >= 0.3 is 6.18 Å². The Morgan fingerprint density at radius 2 is 1.70 bits per heavy atom. The Hall–Kier alpha value is -2.24. The van der Waals surface area contributed by atoms with Crippen molar-refractivity contribution in [3.05, 3.63) is 59.7 Å². The molecule has 0 saturated carbocycles. The van der Waals surface area contributed by atoms with Crippen molar-refractivity contribution >= 4 is 24.9 Å². The molecule has 0 bridgehead atoms. The third-order valence-corrected chi connectivity index (χ3v) is 2.76. The highest BCUT2D eigenvalue weighted by molar-refractivity contribution is 6.32. The number of anilines is 1. The number of hydrogen-bond donors (Lipinski definition) is 1. The molecule has 0 heterocycles. The van der Waals surface area contributed by atoms with Crippen molar-refractivity contribution in [2.24, 2.45) is 0 Å². The van der Waals surface area contributed by atoms with E-state index in [9.17, 15) is 18.0 Å². The lowest BCUT2D eigenvalue weighted by Crippen LogP contribution is -2.14. The van der Waals surface area contributed by atoms with Gasteiger partial charge in [0.1, 0.15) is 7.85 Å². The molecule has 0 aliphatic heterocycles. The summed E-state index contributed by atoms with van der Waals surface area (Å²) in [6, 6.07) is 11.3. The van der Waals surface area contributed by atoms with Gasteiger partial charge < -0.3 is 5.32 Å². The Bertz CT molecular complexity index is 623. The summed E-state index contributed by atoms with van der Waals surface area (Å²) in [5.41, 5.74) is 0.703. The van der Waals surface area contributed by atoms with Gasteiger partial charge in [-0.15, -0.1) is 0 Å². The van der Waals surface area contributed by atoms with Gasteiger partial charge in [-0.25, -0.2) is 0 Å². The summed E-state index contributed by atoms with van der Waals surface area (Å²) in [6.45, 7) is 0. The maximum atomic E-state index is 12.6. The molecule has 1 N–H and O–H groups in total. The van der Waals surface area contributed by atoms with Crippen LogP contribution in [0.5, 0.6) is 0 Å². The van der Waals surface area contributed by atoms with Crippen LogP contribution in [-0.4, -0.2) is 13.8 Å². The first-order valence-electron chi connectivity index (χ1n) is 5.91. The van der Waals surface area contributed by atoms with E-state index in [1.54, 1.807) is 12.1 Å². The minimum Gasteiger partial charge on any atom is -0.322 e. The minimum absolute atomic E-state index is 0.0274. The molecular weight excluding hydrogens is 266 g/mol. The van der Waals surface area contributed by atoms with E-state index in [1.807, 2.05) is 20.0 Å². The molecule has 2 aromatic rings. The summed E-state index contributed by atoms with van der Waals surface area (Å²) in [5.74, 6) is -0.569. The van der Waals surface area contributed by atoms with Crippen LogP contribution in [0.25, 0.3) is 0 Å². The first kappa shape index (κ1) is 14.2. The van der Waals surface area contributed by atoms with Gasteiger partial charge in [0.15, 0.2) is 0 Å². The van der Waals surface area contributed by atoms with Crippen LogP contribution in [0.15, 0.2) is 48.5 Å². The molecule has 0 fully saturated rings. The Morgan fingerprint density at radius 1 is 1.05 bits per heavy atom. The predicted octanol–water partition coefficient (Wildman–Crippen LogP) is 2.22. The topological polar surface area (TPSA) is 29.1 Å². The number of nitrogens with one attached hydrogen (secondary N) is 1. The van der Waals surface area contributed by atoms with Gasteiger partial charge in [0.05, 0.1) is 5.56 Å². The molecule has 2 rings (SSSR count). The molecule has 1 amide bonds. The van der Waals surface area contributed by atoms with Crippen LogP contribution in [0.4, 0.5) is 18.9 Å². The van der Waals surface area contributed by atoms with Crippen LogP contribution in [0.1, 0.15) is 15.9 Å². The molecule has 0 aliphatic rings. The van der Waals surface area contributed by atoms with E-state index >= 15 is 0 Å². The van der Waals surface area contributed by atoms with Crippen molar-refractivity contribution in [1.82, 2.24) is 0 Å². The van der Waals surface area contributed by atoms with Crippen molar-refractivity contribution in [3.8, 4) is 0 Å². The zero-order chi connectivity index (χ0) is 14.8. The molecule has 0 spiro atoms. The van der Waals surface area contributed by atoms with E-state index in [0.717, 1.165) is 17.6 Å². The fraction of sp³-hybridized carbons (Fsp3) is 0.0714. The molecule has 0 aromatic heterocycles. The van der Waals surface area contributed by atoms with E-state index in [0.29, 0.717) is 5.69 Å². The molecular formula is C14H11BF3NO. The van der Waals surface area contributed by atoms with E-state index in [1.165, 1.54) is 12.1 Å². The number of hydrogen-bond acceptors (Lipinski definition) is 1. The summed E-state index contributed by atoms with van der Waals surface area (Å²) in [5, 5.41) is 2.56. The van der Waals surface area contributed by atoms with Crippen LogP contribution in [-0.2, 0) is 6.18 Å². The Labute approximate surface area is 115 Å². The summed E-state index contributed by atoms with van der Waals surface area (Å²) >= 11 is 0. The van der Waals surface area contributed by atoms with Crippen LogP contribution in [0, 0.1) is 0 Å². The average Bonchev–Trinajstić information content (AvgIpc) is 2.40. The van der Waals surface area contributed by atoms with Gasteiger partial charge in [-0.3, -0.25) is 4.79 Å². The highest BCUT2D eigenvalue weighted by Crippen LogP contribution is 2.29. The van der Waals surface area contributed by atoms with Crippen molar-refractivity contribution in [3.63, 3.8) is 0 Å². The molecule has 0 aliphatic carbocycles. The molecule has 0 radical (unpaired) electrons. The molecule has 20 heavy (non-hydrogen) atoms. The van der Waals surface area contributed by atoms with Crippen LogP contribution in [0.3, 0.4) is 0 Å². The highest BCUT2D eigenvalue weighted by atomic mass is 19.4. The maximum absolute atomic E-state index is 12.6. The fourth-order valence-electron chi connectivity index (χ4n) is 1.68. The van der Waals surface area contributed by atoms with Gasteiger partial charge in [0.25, 0.3) is 5.91 Å². The lowest BCUT2D eigenvalue weighted by Gasteiger charge is -2.09. The molecule has 0 atom stereocenters.